The van der Waals surface area contributed by atoms with E-state index in [0.29, 0.717) is 34.9 Å². The Morgan fingerprint density at radius 1 is 1.16 bits per heavy atom. The van der Waals surface area contributed by atoms with Crippen molar-refractivity contribution >= 4 is 11.9 Å². The molecule has 3 fully saturated rings. The number of ether oxygens (including phenoxy) is 2. The minimum atomic E-state index is -0.463. The molecule has 2 saturated heterocycles. The van der Waals surface area contributed by atoms with Crippen LogP contribution < -0.4 is 5.73 Å². The Morgan fingerprint density at radius 2 is 1.91 bits per heavy atom. The van der Waals surface area contributed by atoms with Crippen molar-refractivity contribution in [3.63, 3.8) is 0 Å². The number of para-hydroxylation sites is 1. The average molecular weight is 614 g/mol. The predicted molar refractivity (Wildman–Crippen MR) is 170 cm³/mol. The van der Waals surface area contributed by atoms with Crippen LogP contribution in [-0.4, -0.2) is 91.5 Å². The second kappa shape index (κ2) is 12.3. The van der Waals surface area contributed by atoms with Gasteiger partial charge in [0.15, 0.2) is 5.82 Å². The highest BCUT2D eigenvalue weighted by Gasteiger charge is 2.49. The van der Waals surface area contributed by atoms with Crippen LogP contribution in [0.5, 0.6) is 5.75 Å². The van der Waals surface area contributed by atoms with Gasteiger partial charge in [0.2, 0.25) is 0 Å². The number of anilines is 1. The molecule has 3 aromatic rings. The normalized spacial score (nSPS) is 21.1. The van der Waals surface area contributed by atoms with E-state index in [1.54, 1.807) is 30.5 Å². The fraction of sp³-hybridized carbons (Fsp3) is 0.529. The van der Waals surface area contributed by atoms with E-state index in [9.17, 15) is 9.90 Å². The zero-order chi connectivity index (χ0) is 31.8. The lowest BCUT2D eigenvalue weighted by Crippen LogP contribution is -2.59. The molecule has 1 aliphatic carbocycles. The van der Waals surface area contributed by atoms with Crippen LogP contribution in [0.3, 0.4) is 0 Å². The topological polar surface area (TPSA) is 132 Å². The summed E-state index contributed by atoms with van der Waals surface area (Å²) in [6.45, 7) is 11.9. The number of carbonyl (C=O) groups excluding carboxylic acids is 1. The first kappa shape index (κ1) is 30.9. The number of nitrogens with two attached hydrogens (primary N) is 1. The third-order valence-electron chi connectivity index (χ3n) is 9.36. The van der Waals surface area contributed by atoms with Gasteiger partial charge in [-0.1, -0.05) is 24.0 Å². The molecule has 1 amide bonds. The molecule has 2 unspecified atom stereocenters. The SMILES string of the molecule is CC(C1CN(C2CC3(CCN(C(=O)OC(C)(C)C)CC3)C2)CCO1)n1cc(C#Cc2cc(-c3ccccc3O)nnc2N)cn1. The maximum absolute atomic E-state index is 12.5. The summed E-state index contributed by atoms with van der Waals surface area (Å²) < 4.78 is 13.7. The van der Waals surface area contributed by atoms with Gasteiger partial charge in [-0.2, -0.15) is 5.10 Å². The summed E-state index contributed by atoms with van der Waals surface area (Å²) in [5.74, 6) is 6.58. The molecule has 45 heavy (non-hydrogen) atoms. The summed E-state index contributed by atoms with van der Waals surface area (Å²) in [7, 11) is 0. The maximum atomic E-state index is 12.5. The molecule has 2 atom stereocenters. The number of phenolic OH excluding ortho intramolecular Hbond substituents is 1. The summed E-state index contributed by atoms with van der Waals surface area (Å²) in [6.07, 6.45) is 7.95. The van der Waals surface area contributed by atoms with Crippen molar-refractivity contribution in [3.8, 4) is 28.8 Å². The van der Waals surface area contributed by atoms with Gasteiger partial charge >= 0.3 is 6.09 Å². The molecule has 1 spiro atoms. The standard InChI is InChI=1S/C34H43N7O4/c1-23(41-21-24(20-36-41)9-10-25-17-28(37-38-31(25)35)27-7-5-6-8-29(27)42)30-22-40(15-16-44-30)26-18-34(19-26)11-13-39(14-12-34)32(43)45-33(2,3)4/h5-8,17,20-21,23,26,30,42H,11-16,18-19,22H2,1-4H3,(H2,35,38). The van der Waals surface area contributed by atoms with E-state index in [2.05, 4.69) is 39.0 Å². The Balaban J connectivity index is 1.03. The molecular weight excluding hydrogens is 570 g/mol. The Hall–Kier alpha value is -4.14. The summed E-state index contributed by atoms with van der Waals surface area (Å²) in [4.78, 5) is 17.0. The zero-order valence-electron chi connectivity index (χ0n) is 26.6. The third kappa shape index (κ3) is 6.92. The number of hydrogen-bond donors (Lipinski definition) is 2. The first-order valence-electron chi connectivity index (χ1n) is 15.8. The van der Waals surface area contributed by atoms with Gasteiger partial charge < -0.3 is 25.2 Å². The van der Waals surface area contributed by atoms with Crippen molar-refractivity contribution in [3.05, 3.63) is 53.9 Å². The fourth-order valence-electron chi connectivity index (χ4n) is 6.67. The molecule has 3 aliphatic rings. The number of amides is 1. The van der Waals surface area contributed by atoms with Crippen molar-refractivity contribution in [2.24, 2.45) is 5.41 Å². The van der Waals surface area contributed by atoms with Crippen LogP contribution in [0.1, 0.15) is 70.5 Å². The van der Waals surface area contributed by atoms with Crippen molar-refractivity contribution in [1.29, 1.82) is 0 Å². The van der Waals surface area contributed by atoms with Crippen LogP contribution in [-0.2, 0) is 9.47 Å². The highest BCUT2D eigenvalue weighted by Crippen LogP contribution is 2.51. The Bertz CT molecular complexity index is 1590. The Kier molecular flexibility index (Phi) is 8.46. The van der Waals surface area contributed by atoms with E-state index in [1.165, 1.54) is 12.8 Å². The largest absolute Gasteiger partial charge is 0.507 e. The molecule has 2 aromatic heterocycles. The van der Waals surface area contributed by atoms with E-state index in [-0.39, 0.29) is 29.8 Å². The number of hydrogen-bond acceptors (Lipinski definition) is 9. The number of morpholine rings is 1. The molecule has 1 saturated carbocycles. The summed E-state index contributed by atoms with van der Waals surface area (Å²) in [6, 6.07) is 9.27. The number of likely N-dealkylation sites (tertiary alicyclic amines) is 1. The minimum Gasteiger partial charge on any atom is -0.507 e. The number of benzene rings is 1. The lowest BCUT2D eigenvalue weighted by molar-refractivity contribution is -0.108. The number of nitrogen functional groups attached to an aromatic ring is 1. The molecule has 3 N–H and O–H groups in total. The molecule has 238 valence electrons. The first-order chi connectivity index (χ1) is 21.5. The van der Waals surface area contributed by atoms with Crippen LogP contribution in [0.15, 0.2) is 42.7 Å². The lowest BCUT2D eigenvalue weighted by Gasteiger charge is -2.56. The molecule has 2 aliphatic heterocycles. The molecule has 11 heteroatoms. The average Bonchev–Trinajstić information content (AvgIpc) is 3.48. The van der Waals surface area contributed by atoms with Gasteiger partial charge in [0.25, 0.3) is 0 Å². The van der Waals surface area contributed by atoms with Gasteiger partial charge in [0.1, 0.15) is 11.4 Å². The van der Waals surface area contributed by atoms with Crippen molar-refractivity contribution in [1.82, 2.24) is 29.8 Å². The van der Waals surface area contributed by atoms with Crippen LogP contribution in [0, 0.1) is 17.3 Å². The number of phenols is 1. The molecular formula is C34H43N7O4. The second-order valence-electron chi connectivity index (χ2n) is 13.7. The summed E-state index contributed by atoms with van der Waals surface area (Å²) in [5, 5.41) is 23.0. The monoisotopic (exact) mass is 613 g/mol. The number of aromatic nitrogens is 4. The molecule has 0 bridgehead atoms. The fourth-order valence-corrected chi connectivity index (χ4v) is 6.67. The van der Waals surface area contributed by atoms with Crippen molar-refractivity contribution in [2.45, 2.75) is 77.2 Å². The van der Waals surface area contributed by atoms with Crippen LogP contribution >= 0.6 is 0 Å². The Morgan fingerprint density at radius 3 is 2.64 bits per heavy atom. The van der Waals surface area contributed by atoms with Gasteiger partial charge in [0.05, 0.1) is 41.8 Å². The molecule has 1 aromatic carbocycles. The van der Waals surface area contributed by atoms with E-state index >= 15 is 0 Å². The number of carbonyl (C=O) groups is 1. The van der Waals surface area contributed by atoms with E-state index < -0.39 is 5.60 Å². The van der Waals surface area contributed by atoms with Crippen LogP contribution in [0.25, 0.3) is 11.3 Å². The van der Waals surface area contributed by atoms with Crippen molar-refractivity contribution in [2.75, 3.05) is 38.5 Å². The molecule has 11 nitrogen and oxygen atoms in total. The molecule has 6 rings (SSSR count). The Labute approximate surface area is 264 Å². The van der Waals surface area contributed by atoms with Gasteiger partial charge in [-0.15, -0.1) is 10.2 Å². The van der Waals surface area contributed by atoms with Crippen molar-refractivity contribution < 1.29 is 19.4 Å². The molecule has 4 heterocycles. The van der Waals surface area contributed by atoms with Gasteiger partial charge in [0, 0.05) is 44.0 Å². The molecule has 0 radical (unpaired) electrons. The van der Waals surface area contributed by atoms with E-state index in [4.69, 9.17) is 15.2 Å². The van der Waals surface area contributed by atoms with Crippen LogP contribution in [0.2, 0.25) is 0 Å². The lowest BCUT2D eigenvalue weighted by atomic mass is 9.60. The summed E-state index contributed by atoms with van der Waals surface area (Å²) in [5.41, 5.74) is 8.29. The second-order valence-corrected chi connectivity index (χ2v) is 13.7. The quantitative estimate of drug-likeness (QED) is 0.409. The third-order valence-corrected chi connectivity index (χ3v) is 9.36. The maximum Gasteiger partial charge on any atom is 0.410 e. The van der Waals surface area contributed by atoms with E-state index in [1.807, 2.05) is 42.6 Å². The van der Waals surface area contributed by atoms with Crippen LogP contribution in [0.4, 0.5) is 10.6 Å². The zero-order valence-corrected chi connectivity index (χ0v) is 26.6. The predicted octanol–water partition coefficient (Wildman–Crippen LogP) is 4.47. The van der Waals surface area contributed by atoms with Gasteiger partial charge in [-0.05, 0) is 77.0 Å². The van der Waals surface area contributed by atoms with Gasteiger partial charge in [-0.25, -0.2) is 4.79 Å². The smallest absolute Gasteiger partial charge is 0.410 e. The number of rotatable bonds is 4. The first-order valence-corrected chi connectivity index (χ1v) is 15.8. The number of piperidine rings is 1. The highest BCUT2D eigenvalue weighted by atomic mass is 16.6. The minimum absolute atomic E-state index is 0.0196. The summed E-state index contributed by atoms with van der Waals surface area (Å²) >= 11 is 0. The van der Waals surface area contributed by atoms with E-state index in [0.717, 1.165) is 44.6 Å². The number of aromatic hydroxyl groups is 1. The van der Waals surface area contributed by atoms with Gasteiger partial charge in [-0.3, -0.25) is 9.58 Å². The number of nitrogens with zero attached hydrogens (tertiary/aromatic N) is 6. The highest BCUT2D eigenvalue weighted by molar-refractivity contribution is 5.69.